The van der Waals surface area contributed by atoms with Crippen molar-refractivity contribution in [2.24, 2.45) is 0 Å². The van der Waals surface area contributed by atoms with Crippen LogP contribution in [0, 0.1) is 0 Å². The highest BCUT2D eigenvalue weighted by atomic mass is 32.2. The van der Waals surface area contributed by atoms with Gasteiger partial charge in [0.15, 0.2) is 0 Å². The number of thioether (sulfide) groups is 1. The molecule has 0 unspecified atom stereocenters. The van der Waals surface area contributed by atoms with Crippen LogP contribution < -0.4 is 5.32 Å². The topological polar surface area (TPSA) is 32.3 Å². The third-order valence-electron chi connectivity index (χ3n) is 3.61. The highest BCUT2D eigenvalue weighted by molar-refractivity contribution is 7.99. The zero-order chi connectivity index (χ0) is 13.9. The highest BCUT2D eigenvalue weighted by Crippen LogP contribution is 2.36. The minimum atomic E-state index is -0.639. The van der Waals surface area contributed by atoms with Crippen LogP contribution in [-0.2, 0) is 11.4 Å². The first-order valence-electron chi connectivity index (χ1n) is 7.06. The number of nitrogens with one attached hydrogen (secondary N) is 1. The number of aliphatic hydroxyl groups is 1. The molecule has 1 aliphatic heterocycles. The van der Waals surface area contributed by atoms with Crippen molar-refractivity contribution in [2.75, 3.05) is 13.1 Å². The molecule has 1 aromatic carbocycles. The van der Waals surface area contributed by atoms with Crippen LogP contribution in [0.15, 0.2) is 24.3 Å². The molecule has 1 aromatic rings. The van der Waals surface area contributed by atoms with Crippen LogP contribution in [0.3, 0.4) is 0 Å². The molecule has 3 heteroatoms. The summed E-state index contributed by atoms with van der Waals surface area (Å²) in [5, 5.41) is 14.2. The van der Waals surface area contributed by atoms with Gasteiger partial charge in [-0.25, -0.2) is 0 Å². The van der Waals surface area contributed by atoms with Crippen LogP contribution in [0.25, 0.3) is 0 Å². The third-order valence-corrected chi connectivity index (χ3v) is 4.93. The maximum atomic E-state index is 10.9. The van der Waals surface area contributed by atoms with Gasteiger partial charge in [-0.3, -0.25) is 0 Å². The van der Waals surface area contributed by atoms with Gasteiger partial charge >= 0.3 is 0 Å². The van der Waals surface area contributed by atoms with Gasteiger partial charge in [0.2, 0.25) is 0 Å². The molecule has 0 atom stereocenters. The van der Waals surface area contributed by atoms with E-state index in [0.717, 1.165) is 37.2 Å². The van der Waals surface area contributed by atoms with Gasteiger partial charge in [-0.15, -0.1) is 0 Å². The first-order chi connectivity index (χ1) is 8.91. The fourth-order valence-corrected chi connectivity index (χ4v) is 3.34. The number of hydrogen-bond acceptors (Lipinski definition) is 3. The van der Waals surface area contributed by atoms with E-state index in [4.69, 9.17) is 0 Å². The van der Waals surface area contributed by atoms with Crippen molar-refractivity contribution in [1.29, 1.82) is 0 Å². The monoisotopic (exact) mass is 279 g/mol. The molecule has 2 nitrogen and oxygen atoms in total. The molecule has 2 N–H and O–H groups in total. The molecular formula is C16H25NOS. The van der Waals surface area contributed by atoms with E-state index in [1.165, 1.54) is 5.56 Å². The second-order valence-corrected chi connectivity index (χ2v) is 8.14. The van der Waals surface area contributed by atoms with Crippen LogP contribution in [0.2, 0.25) is 0 Å². The molecule has 106 valence electrons. The summed E-state index contributed by atoms with van der Waals surface area (Å²) in [6.07, 6.45) is 1.62. The summed E-state index contributed by atoms with van der Waals surface area (Å²) in [5.41, 5.74) is 1.78. The molecule has 0 radical (unpaired) electrons. The predicted octanol–water partition coefficient (Wildman–Crippen LogP) is 3.29. The lowest BCUT2D eigenvalue weighted by Crippen LogP contribution is -2.40. The summed E-state index contributed by atoms with van der Waals surface area (Å²) >= 11 is 1.94. The third kappa shape index (κ3) is 3.98. The summed E-state index contributed by atoms with van der Waals surface area (Å²) in [4.78, 5) is 0. The fraction of sp³-hybridized carbons (Fsp3) is 0.625. The smallest absolute Gasteiger partial charge is 0.0923 e. The fourth-order valence-electron chi connectivity index (χ4n) is 2.50. The summed E-state index contributed by atoms with van der Waals surface area (Å²) in [7, 11) is 0. The minimum absolute atomic E-state index is 0.254. The Balaban J connectivity index is 2.20. The molecule has 2 rings (SSSR count). The molecule has 19 heavy (non-hydrogen) atoms. The molecule has 0 spiro atoms. The van der Waals surface area contributed by atoms with E-state index in [0.29, 0.717) is 0 Å². The van der Waals surface area contributed by atoms with E-state index >= 15 is 0 Å². The number of rotatable bonds is 3. The van der Waals surface area contributed by atoms with Crippen molar-refractivity contribution < 1.29 is 5.11 Å². The Morgan fingerprint density at radius 1 is 1.21 bits per heavy atom. The van der Waals surface area contributed by atoms with Crippen molar-refractivity contribution in [3.05, 3.63) is 35.4 Å². The van der Waals surface area contributed by atoms with Crippen LogP contribution >= 0.6 is 11.8 Å². The Bertz CT molecular complexity index is 419. The van der Waals surface area contributed by atoms with Crippen LogP contribution in [0.4, 0.5) is 0 Å². The Morgan fingerprint density at radius 3 is 2.47 bits per heavy atom. The molecule has 0 aliphatic carbocycles. The Labute approximate surface area is 121 Å². The summed E-state index contributed by atoms with van der Waals surface area (Å²) < 4.78 is 0.254. The van der Waals surface area contributed by atoms with E-state index in [2.05, 4.69) is 44.3 Å². The average Bonchev–Trinajstić information content (AvgIpc) is 2.37. The SMILES string of the molecule is CC(C)(C)SCc1ccccc1C1(O)CCNCC1. The van der Waals surface area contributed by atoms with Crippen molar-refractivity contribution in [2.45, 2.75) is 49.7 Å². The van der Waals surface area contributed by atoms with Gasteiger partial charge in [0.25, 0.3) is 0 Å². The highest BCUT2D eigenvalue weighted by Gasteiger charge is 2.32. The molecule has 0 aromatic heterocycles. The molecule has 0 saturated carbocycles. The van der Waals surface area contributed by atoms with Gasteiger partial charge in [-0.1, -0.05) is 45.0 Å². The van der Waals surface area contributed by atoms with Crippen LogP contribution in [-0.4, -0.2) is 22.9 Å². The van der Waals surface area contributed by atoms with E-state index in [9.17, 15) is 5.11 Å². The molecule has 1 heterocycles. The lowest BCUT2D eigenvalue weighted by molar-refractivity contribution is 0.00533. The lowest BCUT2D eigenvalue weighted by Gasteiger charge is -2.35. The van der Waals surface area contributed by atoms with Crippen LogP contribution in [0.1, 0.15) is 44.7 Å². The normalized spacial score (nSPS) is 19.4. The largest absolute Gasteiger partial charge is 0.385 e. The molecule has 0 amide bonds. The Kier molecular flexibility index (Phi) is 4.59. The van der Waals surface area contributed by atoms with Gasteiger partial charge in [-0.2, -0.15) is 11.8 Å². The van der Waals surface area contributed by atoms with Crippen LogP contribution in [0.5, 0.6) is 0 Å². The zero-order valence-electron chi connectivity index (χ0n) is 12.2. The Morgan fingerprint density at radius 2 is 1.84 bits per heavy atom. The average molecular weight is 279 g/mol. The number of hydrogen-bond donors (Lipinski definition) is 2. The van der Waals surface area contributed by atoms with Gasteiger partial charge in [0, 0.05) is 10.5 Å². The van der Waals surface area contributed by atoms with Gasteiger partial charge < -0.3 is 10.4 Å². The lowest BCUT2D eigenvalue weighted by atomic mass is 9.83. The van der Waals surface area contributed by atoms with E-state index in [1.807, 2.05) is 17.8 Å². The molecule has 1 aliphatic rings. The molecule has 1 saturated heterocycles. The standard InChI is InChI=1S/C16H25NOS/c1-15(2,3)19-12-13-6-4-5-7-14(13)16(18)8-10-17-11-9-16/h4-7,17-18H,8-12H2,1-3H3. The van der Waals surface area contributed by atoms with E-state index in [-0.39, 0.29) is 4.75 Å². The minimum Gasteiger partial charge on any atom is -0.385 e. The summed E-state index contributed by atoms with van der Waals surface area (Å²) in [6.45, 7) is 8.51. The molecule has 1 fully saturated rings. The van der Waals surface area contributed by atoms with Crippen molar-refractivity contribution in [1.82, 2.24) is 5.32 Å². The second kappa shape index (κ2) is 5.86. The molecular weight excluding hydrogens is 254 g/mol. The van der Waals surface area contributed by atoms with E-state index < -0.39 is 5.60 Å². The van der Waals surface area contributed by atoms with Gasteiger partial charge in [-0.05, 0) is 37.1 Å². The number of benzene rings is 1. The maximum absolute atomic E-state index is 10.9. The van der Waals surface area contributed by atoms with Gasteiger partial charge in [0.05, 0.1) is 5.60 Å². The number of piperidine rings is 1. The maximum Gasteiger partial charge on any atom is 0.0923 e. The van der Waals surface area contributed by atoms with Crippen molar-refractivity contribution in [3.8, 4) is 0 Å². The van der Waals surface area contributed by atoms with E-state index in [1.54, 1.807) is 0 Å². The Hall–Kier alpha value is -0.510. The van der Waals surface area contributed by atoms with Gasteiger partial charge in [0.1, 0.15) is 0 Å². The first kappa shape index (κ1) is 14.9. The molecule has 0 bridgehead atoms. The summed E-state index contributed by atoms with van der Waals surface area (Å²) in [5.74, 6) is 0.968. The zero-order valence-corrected chi connectivity index (χ0v) is 13.0. The van der Waals surface area contributed by atoms with Crippen molar-refractivity contribution in [3.63, 3.8) is 0 Å². The quantitative estimate of drug-likeness (QED) is 0.890. The van der Waals surface area contributed by atoms with Crippen molar-refractivity contribution >= 4 is 11.8 Å². The first-order valence-corrected chi connectivity index (χ1v) is 8.05. The predicted molar refractivity (Wildman–Crippen MR) is 83.5 cm³/mol. The second-order valence-electron chi connectivity index (χ2n) is 6.34. The summed E-state index contributed by atoms with van der Waals surface area (Å²) in [6, 6.07) is 8.38.